The standard InChI is InChI=1S/C29H26BrN2O2P/c1-2-34-29(33)27-19-12-20-28-31-23(21-32(27)28)22-35(30,24-13-6-3-7-14-24,25-15-8-4-9-16-25)26-17-10-5-11-18-26/h3-21H,2,22H2,1H3. The van der Waals surface area contributed by atoms with Gasteiger partial charge < -0.3 is 0 Å². The van der Waals surface area contributed by atoms with E-state index in [1.165, 1.54) is 15.9 Å². The van der Waals surface area contributed by atoms with Gasteiger partial charge in [0.15, 0.2) is 0 Å². The average molecular weight is 545 g/mol. The molecule has 0 aliphatic rings. The third-order valence-electron chi connectivity index (χ3n) is 6.37. The van der Waals surface area contributed by atoms with E-state index in [4.69, 9.17) is 9.72 Å². The average Bonchev–Trinajstić information content (AvgIpc) is 3.32. The molecule has 0 N–H and O–H groups in total. The molecule has 176 valence electrons. The van der Waals surface area contributed by atoms with E-state index < -0.39 is 5.31 Å². The number of esters is 1. The Bertz CT molecular complexity index is 1370. The van der Waals surface area contributed by atoms with Crippen LogP contribution < -0.4 is 15.9 Å². The number of aromatic nitrogens is 2. The van der Waals surface area contributed by atoms with E-state index in [0.29, 0.717) is 18.5 Å². The molecule has 0 spiro atoms. The summed E-state index contributed by atoms with van der Waals surface area (Å²) in [5, 5.41) is 0.475. The first-order valence-corrected chi connectivity index (χ1v) is 16.0. The fraction of sp³-hybridized carbons (Fsp3) is 0.103. The quantitative estimate of drug-likeness (QED) is 0.190. The molecule has 0 bridgehead atoms. The van der Waals surface area contributed by atoms with Crippen LogP contribution in [0.15, 0.2) is 115 Å². The monoisotopic (exact) mass is 544 g/mol. The molecular weight excluding hydrogens is 519 g/mol. The molecule has 0 unspecified atom stereocenters. The first-order valence-electron chi connectivity index (χ1n) is 11.6. The topological polar surface area (TPSA) is 43.6 Å². The number of hydrogen-bond donors (Lipinski definition) is 0. The molecule has 4 nitrogen and oxygen atoms in total. The summed E-state index contributed by atoms with van der Waals surface area (Å²) in [6, 6.07) is 37.4. The van der Waals surface area contributed by atoms with Crippen LogP contribution in [0.2, 0.25) is 0 Å². The third kappa shape index (κ3) is 3.99. The molecule has 0 aliphatic carbocycles. The third-order valence-corrected chi connectivity index (χ3v) is 15.8. The molecule has 0 atom stereocenters. The zero-order valence-electron chi connectivity index (χ0n) is 19.4. The van der Waals surface area contributed by atoms with Crippen LogP contribution in [-0.2, 0) is 10.9 Å². The fourth-order valence-corrected chi connectivity index (χ4v) is 12.2. The van der Waals surface area contributed by atoms with Crippen molar-refractivity contribution in [2.24, 2.45) is 0 Å². The van der Waals surface area contributed by atoms with E-state index in [9.17, 15) is 4.79 Å². The van der Waals surface area contributed by atoms with Crippen molar-refractivity contribution in [1.29, 1.82) is 0 Å². The summed E-state index contributed by atoms with van der Waals surface area (Å²) in [7, 11) is 0. The van der Waals surface area contributed by atoms with Gasteiger partial charge in [-0.05, 0) is 0 Å². The Kier molecular flexibility index (Phi) is 6.31. The number of carbonyl (C=O) groups is 1. The molecule has 5 aromatic rings. The predicted octanol–water partition coefficient (Wildman–Crippen LogP) is 5.85. The second-order valence-corrected chi connectivity index (χ2v) is 17.4. The maximum atomic E-state index is 12.6. The van der Waals surface area contributed by atoms with Gasteiger partial charge in [0.25, 0.3) is 0 Å². The van der Waals surface area contributed by atoms with E-state index in [2.05, 4.69) is 88.3 Å². The molecule has 3 aromatic carbocycles. The maximum absolute atomic E-state index is 12.6. The second kappa shape index (κ2) is 9.41. The number of halogens is 1. The summed E-state index contributed by atoms with van der Waals surface area (Å²) in [4.78, 5) is 17.6. The molecule has 0 saturated heterocycles. The van der Waals surface area contributed by atoms with Gasteiger partial charge in [-0.1, -0.05) is 0 Å². The van der Waals surface area contributed by atoms with Crippen molar-refractivity contribution in [1.82, 2.24) is 9.38 Å². The number of imidazole rings is 1. The van der Waals surface area contributed by atoms with Crippen LogP contribution in [-0.4, -0.2) is 22.0 Å². The van der Waals surface area contributed by atoms with Crippen LogP contribution in [0.1, 0.15) is 23.1 Å². The molecule has 0 aliphatic heterocycles. The minimum absolute atomic E-state index is 0.324. The molecule has 0 saturated carbocycles. The van der Waals surface area contributed by atoms with Gasteiger partial charge in [-0.2, -0.15) is 0 Å². The van der Waals surface area contributed by atoms with Gasteiger partial charge in [-0.15, -0.1) is 0 Å². The number of hydrogen-bond acceptors (Lipinski definition) is 3. The van der Waals surface area contributed by atoms with E-state index in [1.807, 2.05) is 47.9 Å². The molecule has 0 radical (unpaired) electrons. The Morgan fingerprint density at radius 2 is 1.31 bits per heavy atom. The number of rotatable bonds is 7. The zero-order valence-corrected chi connectivity index (χ0v) is 21.9. The summed E-state index contributed by atoms with van der Waals surface area (Å²) in [5.41, 5.74) is 2.09. The van der Waals surface area contributed by atoms with Gasteiger partial charge in [-0.3, -0.25) is 0 Å². The van der Waals surface area contributed by atoms with Gasteiger partial charge in [0.1, 0.15) is 0 Å². The molecule has 5 rings (SSSR count). The van der Waals surface area contributed by atoms with Crippen LogP contribution in [0.25, 0.3) is 5.65 Å². The van der Waals surface area contributed by atoms with Crippen molar-refractivity contribution in [3.8, 4) is 0 Å². The Morgan fingerprint density at radius 1 is 0.800 bits per heavy atom. The van der Waals surface area contributed by atoms with Crippen molar-refractivity contribution in [2.75, 3.05) is 6.61 Å². The van der Waals surface area contributed by atoms with Crippen LogP contribution in [0, 0.1) is 0 Å². The number of carbonyl (C=O) groups excluding carboxylic acids is 1. The van der Waals surface area contributed by atoms with Gasteiger partial charge >= 0.3 is 214 Å². The number of nitrogens with zero attached hydrogens (tertiary/aromatic N) is 2. The fourth-order valence-electron chi connectivity index (χ4n) is 4.75. The summed E-state index contributed by atoms with van der Waals surface area (Å²) >= 11 is 4.47. The zero-order chi connectivity index (χ0) is 24.3. The molecule has 0 fully saturated rings. The minimum atomic E-state index is -3.19. The summed E-state index contributed by atoms with van der Waals surface area (Å²) < 4.78 is 7.12. The first kappa shape index (κ1) is 23.5. The van der Waals surface area contributed by atoms with Gasteiger partial charge in [0.05, 0.1) is 0 Å². The van der Waals surface area contributed by atoms with Gasteiger partial charge in [-0.25, -0.2) is 0 Å². The van der Waals surface area contributed by atoms with E-state index in [-0.39, 0.29) is 5.97 Å². The number of fused-ring (bicyclic) bond motifs is 1. The molecule has 6 heteroatoms. The number of benzene rings is 3. The number of ether oxygens (including phenoxy) is 1. The molecule has 35 heavy (non-hydrogen) atoms. The van der Waals surface area contributed by atoms with E-state index in [0.717, 1.165) is 11.3 Å². The van der Waals surface area contributed by atoms with Crippen LogP contribution in [0.4, 0.5) is 0 Å². The van der Waals surface area contributed by atoms with Crippen molar-refractivity contribution < 1.29 is 9.53 Å². The van der Waals surface area contributed by atoms with Crippen molar-refractivity contribution in [2.45, 2.75) is 13.1 Å². The molecule has 0 amide bonds. The molecule has 2 heterocycles. The normalized spacial score (nSPS) is 12.7. The Hall–Kier alpha value is -3.27. The van der Waals surface area contributed by atoms with Gasteiger partial charge in [0.2, 0.25) is 0 Å². The van der Waals surface area contributed by atoms with Gasteiger partial charge in [0, 0.05) is 0 Å². The SMILES string of the molecule is CCOC(=O)c1cccc2nc(CP(Br)(c3ccccc3)(c3ccccc3)c3ccccc3)cn12. The predicted molar refractivity (Wildman–Crippen MR) is 149 cm³/mol. The Labute approximate surface area is 213 Å². The van der Waals surface area contributed by atoms with E-state index in [1.54, 1.807) is 6.07 Å². The number of pyridine rings is 1. The van der Waals surface area contributed by atoms with Crippen molar-refractivity contribution in [3.05, 3.63) is 127 Å². The van der Waals surface area contributed by atoms with Crippen LogP contribution >= 0.6 is 20.8 Å². The van der Waals surface area contributed by atoms with E-state index >= 15 is 0 Å². The van der Waals surface area contributed by atoms with Crippen LogP contribution in [0.5, 0.6) is 0 Å². The summed E-state index contributed by atoms with van der Waals surface area (Å²) in [5.74, 6) is -0.354. The Balaban J connectivity index is 1.78. The summed E-state index contributed by atoms with van der Waals surface area (Å²) in [6.45, 7) is 2.13. The van der Waals surface area contributed by atoms with Crippen molar-refractivity contribution >= 4 is 48.3 Å². The Morgan fingerprint density at radius 3 is 1.80 bits per heavy atom. The van der Waals surface area contributed by atoms with Crippen molar-refractivity contribution in [3.63, 3.8) is 0 Å². The first-order chi connectivity index (χ1) is 17.0. The molecule has 2 aromatic heterocycles. The molecular formula is C29H26BrN2O2P. The second-order valence-electron chi connectivity index (χ2n) is 8.44. The van der Waals surface area contributed by atoms with Crippen LogP contribution in [0.3, 0.4) is 0 Å². The summed E-state index contributed by atoms with van der Waals surface area (Å²) in [6.07, 6.45) is 2.62.